The lowest BCUT2D eigenvalue weighted by Crippen LogP contribution is -2.36. The van der Waals surface area contributed by atoms with E-state index in [1.165, 1.54) is 0 Å². The van der Waals surface area contributed by atoms with Crippen LogP contribution in [0.4, 0.5) is 5.82 Å². The molecular weight excluding hydrogens is 562 g/mol. The molecule has 9 heteroatoms. The molecular formula is C30H32BrN3O5. The molecule has 1 N–H and O–H groups in total. The summed E-state index contributed by atoms with van der Waals surface area (Å²) in [6.45, 7) is 11.2. The standard InChI is InChI=1S/C30H32BrN3O5/c1-29(2,3)16-30(4,5)33-27-26(32-25-12-9-20(31)15-34(25)27)18-7-11-22(23(13-18)36-6)39-28(35)19-8-10-21-24(14-19)38-17-37-21/h7-15,33H,16-17H2,1-6H3. The molecule has 1 aliphatic rings. The summed E-state index contributed by atoms with van der Waals surface area (Å²) in [6, 6.07) is 14.3. The van der Waals surface area contributed by atoms with Gasteiger partial charge in [-0.1, -0.05) is 20.8 Å². The number of halogens is 1. The van der Waals surface area contributed by atoms with Crippen LogP contribution in [-0.4, -0.2) is 34.8 Å². The number of nitrogens with one attached hydrogen (secondary N) is 1. The number of methoxy groups -OCH3 is 1. The summed E-state index contributed by atoms with van der Waals surface area (Å²) < 4.78 is 25.0. The number of nitrogens with zero attached hydrogens (tertiary/aromatic N) is 2. The lowest BCUT2D eigenvalue weighted by Gasteiger charge is -2.34. The number of imidazole rings is 1. The van der Waals surface area contributed by atoms with Gasteiger partial charge in [-0.05, 0) is 90.1 Å². The van der Waals surface area contributed by atoms with E-state index in [0.29, 0.717) is 28.6 Å². The van der Waals surface area contributed by atoms with Gasteiger partial charge < -0.3 is 24.3 Å². The van der Waals surface area contributed by atoms with E-state index >= 15 is 0 Å². The average molecular weight is 595 g/mol. The van der Waals surface area contributed by atoms with Gasteiger partial charge in [0.15, 0.2) is 23.0 Å². The van der Waals surface area contributed by atoms with Crippen LogP contribution in [0.1, 0.15) is 51.4 Å². The number of carbonyl (C=O) groups is 1. The Morgan fingerprint density at radius 1 is 1.03 bits per heavy atom. The number of hydrogen-bond acceptors (Lipinski definition) is 7. The van der Waals surface area contributed by atoms with Crippen molar-refractivity contribution in [3.05, 3.63) is 64.8 Å². The topological polar surface area (TPSA) is 83.3 Å². The third-order valence-electron chi connectivity index (χ3n) is 6.26. The highest BCUT2D eigenvalue weighted by Crippen LogP contribution is 2.39. The smallest absolute Gasteiger partial charge is 0.343 e. The summed E-state index contributed by atoms with van der Waals surface area (Å²) >= 11 is 3.59. The van der Waals surface area contributed by atoms with Crippen molar-refractivity contribution in [2.45, 2.75) is 46.6 Å². The molecule has 39 heavy (non-hydrogen) atoms. The van der Waals surface area contributed by atoms with Gasteiger partial charge in [0.2, 0.25) is 6.79 Å². The van der Waals surface area contributed by atoms with E-state index in [0.717, 1.165) is 33.6 Å². The van der Waals surface area contributed by atoms with E-state index < -0.39 is 5.97 Å². The van der Waals surface area contributed by atoms with Gasteiger partial charge in [-0.2, -0.15) is 0 Å². The molecule has 0 radical (unpaired) electrons. The van der Waals surface area contributed by atoms with Gasteiger partial charge in [-0.15, -0.1) is 0 Å². The largest absolute Gasteiger partial charge is 0.493 e. The fourth-order valence-electron chi connectivity index (χ4n) is 5.11. The molecule has 8 nitrogen and oxygen atoms in total. The molecule has 0 saturated heterocycles. The number of fused-ring (bicyclic) bond motifs is 2. The Labute approximate surface area is 236 Å². The molecule has 3 heterocycles. The minimum atomic E-state index is -0.525. The number of rotatable bonds is 7. The van der Waals surface area contributed by atoms with Crippen molar-refractivity contribution in [2.24, 2.45) is 5.41 Å². The molecule has 2 aromatic heterocycles. The second kappa shape index (κ2) is 10.1. The zero-order chi connectivity index (χ0) is 27.9. The lowest BCUT2D eigenvalue weighted by atomic mass is 9.82. The van der Waals surface area contributed by atoms with Gasteiger partial charge in [0.1, 0.15) is 17.2 Å². The normalized spacial score (nSPS) is 13.0. The van der Waals surface area contributed by atoms with Crippen LogP contribution in [0.3, 0.4) is 0 Å². The van der Waals surface area contributed by atoms with E-state index in [2.05, 4.69) is 55.9 Å². The van der Waals surface area contributed by atoms with Crippen LogP contribution in [0, 0.1) is 5.41 Å². The molecule has 1 aliphatic heterocycles. The van der Waals surface area contributed by atoms with Gasteiger partial charge in [0, 0.05) is 21.8 Å². The molecule has 0 atom stereocenters. The fourth-order valence-corrected chi connectivity index (χ4v) is 5.45. The predicted octanol–water partition coefficient (Wildman–Crippen LogP) is 7.35. The Bertz CT molecular complexity index is 1550. The first kappa shape index (κ1) is 26.9. The highest BCUT2D eigenvalue weighted by molar-refractivity contribution is 9.10. The Balaban J connectivity index is 1.49. The van der Waals surface area contributed by atoms with Crippen molar-refractivity contribution >= 4 is 33.4 Å². The maximum atomic E-state index is 12.9. The number of anilines is 1. The second-order valence-corrected chi connectivity index (χ2v) is 12.4. The van der Waals surface area contributed by atoms with E-state index in [9.17, 15) is 4.79 Å². The molecule has 0 unspecified atom stereocenters. The first-order valence-electron chi connectivity index (χ1n) is 12.7. The summed E-state index contributed by atoms with van der Waals surface area (Å²) in [4.78, 5) is 17.8. The van der Waals surface area contributed by atoms with Gasteiger partial charge in [-0.3, -0.25) is 4.40 Å². The van der Waals surface area contributed by atoms with E-state index in [-0.39, 0.29) is 17.7 Å². The molecule has 0 fully saturated rings. The molecule has 5 rings (SSSR count). The third-order valence-corrected chi connectivity index (χ3v) is 6.73. The minimum Gasteiger partial charge on any atom is -0.493 e. The maximum Gasteiger partial charge on any atom is 0.343 e. The molecule has 2 aromatic carbocycles. The number of carbonyl (C=O) groups excluding carboxylic acids is 1. The van der Waals surface area contributed by atoms with Crippen LogP contribution in [0.25, 0.3) is 16.9 Å². The van der Waals surface area contributed by atoms with Crippen molar-refractivity contribution in [1.29, 1.82) is 0 Å². The van der Waals surface area contributed by atoms with Crippen molar-refractivity contribution < 1.29 is 23.7 Å². The molecule has 0 saturated carbocycles. The van der Waals surface area contributed by atoms with Crippen LogP contribution in [0.2, 0.25) is 0 Å². The predicted molar refractivity (Wildman–Crippen MR) is 154 cm³/mol. The number of hydrogen-bond donors (Lipinski definition) is 1. The Kier molecular flexibility index (Phi) is 6.97. The number of benzene rings is 2. The summed E-state index contributed by atoms with van der Waals surface area (Å²) in [6.07, 6.45) is 2.94. The lowest BCUT2D eigenvalue weighted by molar-refractivity contribution is 0.0729. The van der Waals surface area contributed by atoms with Gasteiger partial charge >= 0.3 is 5.97 Å². The quantitative estimate of drug-likeness (QED) is 0.177. The van der Waals surface area contributed by atoms with E-state index in [4.69, 9.17) is 23.9 Å². The Morgan fingerprint density at radius 2 is 1.79 bits per heavy atom. The Morgan fingerprint density at radius 3 is 2.54 bits per heavy atom. The average Bonchev–Trinajstić information content (AvgIpc) is 3.46. The van der Waals surface area contributed by atoms with Crippen molar-refractivity contribution in [1.82, 2.24) is 9.38 Å². The number of ether oxygens (including phenoxy) is 4. The maximum absolute atomic E-state index is 12.9. The summed E-state index contributed by atoms with van der Waals surface area (Å²) in [5, 5.41) is 3.75. The van der Waals surface area contributed by atoms with Crippen LogP contribution in [-0.2, 0) is 0 Å². The van der Waals surface area contributed by atoms with E-state index in [1.54, 1.807) is 31.4 Å². The third kappa shape index (κ3) is 5.83. The molecule has 0 bridgehead atoms. The zero-order valence-corrected chi connectivity index (χ0v) is 24.5. The number of pyridine rings is 1. The van der Waals surface area contributed by atoms with Crippen LogP contribution in [0.5, 0.6) is 23.0 Å². The number of esters is 1. The Hall–Kier alpha value is -3.72. The summed E-state index contributed by atoms with van der Waals surface area (Å²) in [5.74, 6) is 2.18. The fraction of sp³-hybridized carbons (Fsp3) is 0.333. The van der Waals surface area contributed by atoms with Gasteiger partial charge in [0.25, 0.3) is 0 Å². The molecule has 0 amide bonds. The summed E-state index contributed by atoms with van der Waals surface area (Å²) in [5.41, 5.74) is 2.66. The van der Waals surface area contributed by atoms with Gasteiger partial charge in [-0.25, -0.2) is 9.78 Å². The van der Waals surface area contributed by atoms with Crippen LogP contribution < -0.4 is 24.3 Å². The van der Waals surface area contributed by atoms with Crippen molar-refractivity contribution in [3.63, 3.8) is 0 Å². The molecule has 204 valence electrons. The van der Waals surface area contributed by atoms with Crippen molar-refractivity contribution in [2.75, 3.05) is 19.2 Å². The molecule has 0 aliphatic carbocycles. The summed E-state index contributed by atoms with van der Waals surface area (Å²) in [7, 11) is 1.55. The van der Waals surface area contributed by atoms with Gasteiger partial charge in [0.05, 0.1) is 12.7 Å². The minimum absolute atomic E-state index is 0.129. The zero-order valence-electron chi connectivity index (χ0n) is 22.9. The molecule has 4 aromatic rings. The highest BCUT2D eigenvalue weighted by atomic mass is 79.9. The van der Waals surface area contributed by atoms with E-state index in [1.807, 2.05) is 34.9 Å². The second-order valence-electron chi connectivity index (χ2n) is 11.5. The van der Waals surface area contributed by atoms with Crippen LogP contribution >= 0.6 is 15.9 Å². The highest BCUT2D eigenvalue weighted by Gasteiger charge is 2.28. The number of aromatic nitrogens is 2. The first-order chi connectivity index (χ1) is 18.4. The SMILES string of the molecule is COc1cc(-c2nc3ccc(Br)cn3c2NC(C)(C)CC(C)(C)C)ccc1OC(=O)c1ccc2c(c1)OCO2. The monoisotopic (exact) mass is 593 g/mol. The first-order valence-corrected chi connectivity index (χ1v) is 13.5. The van der Waals surface area contributed by atoms with Crippen molar-refractivity contribution in [3.8, 4) is 34.3 Å². The van der Waals surface area contributed by atoms with Crippen LogP contribution in [0.15, 0.2) is 59.2 Å². The molecule has 0 spiro atoms.